The fourth-order valence-electron chi connectivity index (χ4n) is 1.22. The highest BCUT2D eigenvalue weighted by Crippen LogP contribution is 2.09. The lowest BCUT2D eigenvalue weighted by Gasteiger charge is -1.94. The van der Waals surface area contributed by atoms with Gasteiger partial charge in [-0.15, -0.1) is 0 Å². The highest BCUT2D eigenvalue weighted by Gasteiger charge is 1.96. The molecule has 0 aromatic carbocycles. The molecule has 0 aliphatic carbocycles. The third kappa shape index (κ3) is 3.39. The molecule has 0 aliphatic rings. The van der Waals surface area contributed by atoms with E-state index in [9.17, 15) is 0 Å². The van der Waals surface area contributed by atoms with Gasteiger partial charge in [-0.05, 0) is 31.5 Å². The maximum atomic E-state index is 4.20. The molecule has 0 amide bonds. The number of fused-ring (bicyclic) bond motifs is 1. The van der Waals surface area contributed by atoms with Gasteiger partial charge in [0.05, 0.1) is 17.5 Å². The minimum atomic E-state index is 1.09. The van der Waals surface area contributed by atoms with Gasteiger partial charge in [-0.1, -0.05) is 27.7 Å². The van der Waals surface area contributed by atoms with Crippen molar-refractivity contribution in [3.05, 3.63) is 35.9 Å². The molecule has 0 spiro atoms. The molecule has 0 fully saturated rings. The number of hydrogen-bond acceptors (Lipinski definition) is 1. The number of hydrogen-bond donors (Lipinski definition) is 0. The van der Waals surface area contributed by atoms with Crippen molar-refractivity contribution in [2.45, 2.75) is 41.5 Å². The topological polar surface area (TPSA) is 17.3 Å². The van der Waals surface area contributed by atoms with Crippen molar-refractivity contribution in [1.29, 1.82) is 0 Å². The summed E-state index contributed by atoms with van der Waals surface area (Å²) in [5.41, 5.74) is 3.57. The first-order valence-electron chi connectivity index (χ1n) is 5.67. The molecule has 2 aromatic heterocycles. The third-order valence-corrected chi connectivity index (χ3v) is 1.89. The fourth-order valence-corrected chi connectivity index (χ4v) is 1.22. The lowest BCUT2D eigenvalue weighted by molar-refractivity contribution is 1.14. The molecular formula is C13H22N2. The van der Waals surface area contributed by atoms with Gasteiger partial charge in [0.1, 0.15) is 0 Å². The Labute approximate surface area is 93.0 Å². The van der Waals surface area contributed by atoms with Gasteiger partial charge in [0, 0.05) is 6.20 Å². The molecule has 2 aromatic rings. The molecule has 2 rings (SSSR count). The molecule has 2 heterocycles. The van der Waals surface area contributed by atoms with Crippen molar-refractivity contribution in [3.8, 4) is 0 Å². The summed E-state index contributed by atoms with van der Waals surface area (Å²) < 4.78 is 2.03. The van der Waals surface area contributed by atoms with Crippen LogP contribution in [0.3, 0.4) is 0 Å². The van der Waals surface area contributed by atoms with Gasteiger partial charge >= 0.3 is 0 Å². The Bertz CT molecular complexity index is 388. The number of imidazole rings is 1. The van der Waals surface area contributed by atoms with Crippen LogP contribution in [0.1, 0.15) is 39.0 Å². The molecule has 84 valence electrons. The van der Waals surface area contributed by atoms with Crippen molar-refractivity contribution < 1.29 is 0 Å². The summed E-state index contributed by atoms with van der Waals surface area (Å²) >= 11 is 0. The van der Waals surface area contributed by atoms with E-state index in [1.54, 1.807) is 0 Å². The largest absolute Gasteiger partial charge is 0.306 e. The molecule has 0 saturated carbocycles. The first kappa shape index (κ1) is 13.7. The van der Waals surface area contributed by atoms with E-state index in [1.807, 2.05) is 51.5 Å². The summed E-state index contributed by atoms with van der Waals surface area (Å²) in [6.45, 7) is 12.1. The smallest absolute Gasteiger partial charge is 0.0995 e. The molecular weight excluding hydrogens is 184 g/mol. The van der Waals surface area contributed by atoms with Crippen LogP contribution < -0.4 is 0 Å². The van der Waals surface area contributed by atoms with Crippen molar-refractivity contribution in [3.63, 3.8) is 0 Å². The van der Waals surface area contributed by atoms with Crippen LogP contribution in [0.4, 0.5) is 0 Å². The average molecular weight is 206 g/mol. The zero-order valence-corrected chi connectivity index (χ0v) is 10.7. The summed E-state index contributed by atoms with van der Waals surface area (Å²) in [5.74, 6) is 0. The van der Waals surface area contributed by atoms with Gasteiger partial charge in [-0.2, -0.15) is 0 Å². The molecule has 0 atom stereocenters. The molecule has 0 radical (unpaired) electrons. The first-order valence-corrected chi connectivity index (χ1v) is 5.67. The molecule has 0 saturated heterocycles. The molecule has 0 aliphatic heterocycles. The van der Waals surface area contributed by atoms with Crippen LogP contribution in [-0.2, 0) is 0 Å². The number of aromatic nitrogens is 2. The SMILES string of the molecule is CC.CC.Cc1ccn2cnc(C)c2c1. The second-order valence-electron chi connectivity index (χ2n) is 2.83. The average Bonchev–Trinajstić information content (AvgIpc) is 2.66. The van der Waals surface area contributed by atoms with Gasteiger partial charge in [0.15, 0.2) is 0 Å². The van der Waals surface area contributed by atoms with Crippen molar-refractivity contribution in [2.75, 3.05) is 0 Å². The summed E-state index contributed by atoms with van der Waals surface area (Å²) in [6.07, 6.45) is 3.87. The Morgan fingerprint density at radius 1 is 1.07 bits per heavy atom. The monoisotopic (exact) mass is 206 g/mol. The third-order valence-electron chi connectivity index (χ3n) is 1.89. The second-order valence-corrected chi connectivity index (χ2v) is 2.83. The first-order chi connectivity index (χ1) is 7.27. The molecule has 0 N–H and O–H groups in total. The second kappa shape index (κ2) is 7.04. The zero-order chi connectivity index (χ0) is 11.8. The van der Waals surface area contributed by atoms with Gasteiger partial charge < -0.3 is 4.40 Å². The summed E-state index contributed by atoms with van der Waals surface area (Å²) in [5, 5.41) is 0. The van der Waals surface area contributed by atoms with Gasteiger partial charge in [0.2, 0.25) is 0 Å². The van der Waals surface area contributed by atoms with Crippen molar-refractivity contribution in [1.82, 2.24) is 9.38 Å². The lowest BCUT2D eigenvalue weighted by Crippen LogP contribution is -1.82. The van der Waals surface area contributed by atoms with Crippen molar-refractivity contribution >= 4 is 5.52 Å². The van der Waals surface area contributed by atoms with E-state index in [2.05, 4.69) is 24.0 Å². The molecule has 15 heavy (non-hydrogen) atoms. The van der Waals surface area contributed by atoms with Crippen LogP contribution in [0.2, 0.25) is 0 Å². The Hall–Kier alpha value is -1.31. The minimum Gasteiger partial charge on any atom is -0.306 e. The molecule has 0 bridgehead atoms. The van der Waals surface area contributed by atoms with Gasteiger partial charge in [-0.3, -0.25) is 0 Å². The predicted molar refractivity (Wildman–Crippen MR) is 67.4 cm³/mol. The van der Waals surface area contributed by atoms with E-state index in [1.165, 1.54) is 11.1 Å². The molecule has 2 heteroatoms. The van der Waals surface area contributed by atoms with Gasteiger partial charge in [-0.25, -0.2) is 4.98 Å². The van der Waals surface area contributed by atoms with Crippen LogP contribution in [0.15, 0.2) is 24.7 Å². The highest BCUT2D eigenvalue weighted by molar-refractivity contribution is 5.52. The minimum absolute atomic E-state index is 1.09. The van der Waals surface area contributed by atoms with E-state index >= 15 is 0 Å². The van der Waals surface area contributed by atoms with Crippen LogP contribution in [0, 0.1) is 13.8 Å². The van der Waals surface area contributed by atoms with E-state index in [4.69, 9.17) is 0 Å². The van der Waals surface area contributed by atoms with E-state index in [0.717, 1.165) is 5.69 Å². The normalized spacial score (nSPS) is 8.67. The maximum absolute atomic E-state index is 4.20. The quantitative estimate of drug-likeness (QED) is 0.636. The highest BCUT2D eigenvalue weighted by atomic mass is 15.0. The predicted octanol–water partition coefficient (Wildman–Crippen LogP) is 4.00. The van der Waals surface area contributed by atoms with Crippen molar-refractivity contribution in [2.24, 2.45) is 0 Å². The summed E-state index contributed by atoms with van der Waals surface area (Å²) in [4.78, 5) is 4.20. The van der Waals surface area contributed by atoms with Crippen LogP contribution in [0.25, 0.3) is 5.52 Å². The number of rotatable bonds is 0. The van der Waals surface area contributed by atoms with Gasteiger partial charge in [0.25, 0.3) is 0 Å². The Balaban J connectivity index is 0.000000442. The van der Waals surface area contributed by atoms with Crippen LogP contribution in [-0.4, -0.2) is 9.38 Å². The number of aryl methyl sites for hydroxylation is 2. The Kier molecular flexibility index (Phi) is 6.43. The fraction of sp³-hybridized carbons (Fsp3) is 0.462. The van der Waals surface area contributed by atoms with Crippen LogP contribution >= 0.6 is 0 Å². The summed E-state index contributed by atoms with van der Waals surface area (Å²) in [7, 11) is 0. The van der Waals surface area contributed by atoms with E-state index < -0.39 is 0 Å². The standard InChI is InChI=1S/C9H10N2.2C2H6/c1-7-3-4-11-6-10-8(2)9(11)5-7;2*1-2/h3-6H,1-2H3;2*1-2H3. The maximum Gasteiger partial charge on any atom is 0.0995 e. The Morgan fingerprint density at radius 2 is 1.67 bits per heavy atom. The van der Waals surface area contributed by atoms with E-state index in [-0.39, 0.29) is 0 Å². The summed E-state index contributed by atoms with van der Waals surface area (Å²) in [6, 6.07) is 4.22. The zero-order valence-electron chi connectivity index (χ0n) is 10.7. The number of pyridine rings is 1. The van der Waals surface area contributed by atoms with Crippen LogP contribution in [0.5, 0.6) is 0 Å². The molecule has 2 nitrogen and oxygen atoms in total. The number of nitrogens with zero attached hydrogens (tertiary/aromatic N) is 2. The van der Waals surface area contributed by atoms with E-state index in [0.29, 0.717) is 0 Å². The Morgan fingerprint density at radius 3 is 2.27 bits per heavy atom. The lowest BCUT2D eigenvalue weighted by atomic mass is 10.2. The molecule has 0 unspecified atom stereocenters.